The second-order valence-electron chi connectivity index (χ2n) is 7.29. The summed E-state index contributed by atoms with van der Waals surface area (Å²) >= 11 is 0. The highest BCUT2D eigenvalue weighted by molar-refractivity contribution is 6.03. The minimum absolute atomic E-state index is 0.00765. The standard InChI is InChI=1S/C20H23FN4O3/c1-2-25-15-11-24(12-16(26)23-9-3-4-10-23)19(27)17(15)18(22-20(25)28)13-5-7-14(21)8-6-13/h5-8,18H,2-4,9-12H2,1H3,(H,22,28)/t18-/m0/s1. The number of nitrogens with one attached hydrogen (secondary N) is 1. The molecule has 1 N–H and O–H groups in total. The van der Waals surface area contributed by atoms with Crippen LogP contribution in [0.3, 0.4) is 0 Å². The van der Waals surface area contributed by atoms with Crippen molar-refractivity contribution in [2.24, 2.45) is 0 Å². The minimum Gasteiger partial charge on any atom is -0.341 e. The van der Waals surface area contributed by atoms with Crippen LogP contribution in [-0.4, -0.2) is 65.3 Å². The van der Waals surface area contributed by atoms with Crippen LogP contribution in [0.25, 0.3) is 0 Å². The Morgan fingerprint density at radius 3 is 2.50 bits per heavy atom. The van der Waals surface area contributed by atoms with Crippen molar-refractivity contribution >= 4 is 17.8 Å². The zero-order chi connectivity index (χ0) is 19.8. The number of carbonyl (C=O) groups excluding carboxylic acids is 3. The molecular formula is C20H23FN4O3. The molecule has 0 saturated carbocycles. The molecule has 0 spiro atoms. The summed E-state index contributed by atoms with van der Waals surface area (Å²) in [6, 6.07) is 4.81. The fraction of sp³-hybridized carbons (Fsp3) is 0.450. The first-order valence-corrected chi connectivity index (χ1v) is 9.63. The summed E-state index contributed by atoms with van der Waals surface area (Å²) in [6.45, 7) is 3.95. The van der Waals surface area contributed by atoms with Gasteiger partial charge in [0.25, 0.3) is 5.91 Å². The van der Waals surface area contributed by atoms with Gasteiger partial charge in [0.1, 0.15) is 12.4 Å². The topological polar surface area (TPSA) is 73.0 Å². The lowest BCUT2D eigenvalue weighted by Gasteiger charge is -2.32. The van der Waals surface area contributed by atoms with Crippen molar-refractivity contribution in [3.05, 3.63) is 46.9 Å². The van der Waals surface area contributed by atoms with E-state index in [0.717, 1.165) is 25.9 Å². The molecule has 3 aliphatic heterocycles. The molecule has 3 heterocycles. The number of urea groups is 1. The van der Waals surface area contributed by atoms with Crippen LogP contribution < -0.4 is 5.32 Å². The second kappa shape index (κ2) is 7.26. The van der Waals surface area contributed by atoms with Crippen molar-refractivity contribution < 1.29 is 18.8 Å². The lowest BCUT2D eigenvalue weighted by atomic mass is 9.95. The third-order valence-electron chi connectivity index (χ3n) is 5.60. The number of hydrogen-bond acceptors (Lipinski definition) is 3. The highest BCUT2D eigenvalue weighted by Gasteiger charge is 2.44. The Balaban J connectivity index is 1.62. The van der Waals surface area contributed by atoms with E-state index in [0.29, 0.717) is 23.4 Å². The van der Waals surface area contributed by atoms with Crippen LogP contribution in [0.15, 0.2) is 35.5 Å². The van der Waals surface area contributed by atoms with Gasteiger partial charge in [0.2, 0.25) is 5.91 Å². The van der Waals surface area contributed by atoms with Crippen molar-refractivity contribution in [1.29, 1.82) is 0 Å². The molecule has 8 heteroatoms. The van der Waals surface area contributed by atoms with E-state index < -0.39 is 6.04 Å². The van der Waals surface area contributed by atoms with Gasteiger partial charge in [-0.25, -0.2) is 9.18 Å². The summed E-state index contributed by atoms with van der Waals surface area (Å²) in [4.78, 5) is 43.1. The number of nitrogens with zero attached hydrogens (tertiary/aromatic N) is 3. The van der Waals surface area contributed by atoms with Crippen LogP contribution in [-0.2, 0) is 9.59 Å². The summed E-state index contributed by atoms with van der Waals surface area (Å²) in [5, 5.41) is 2.85. The van der Waals surface area contributed by atoms with E-state index in [4.69, 9.17) is 0 Å². The van der Waals surface area contributed by atoms with Crippen LogP contribution >= 0.6 is 0 Å². The highest BCUT2D eigenvalue weighted by Crippen LogP contribution is 2.36. The van der Waals surface area contributed by atoms with Gasteiger partial charge in [0, 0.05) is 19.6 Å². The Morgan fingerprint density at radius 2 is 1.86 bits per heavy atom. The quantitative estimate of drug-likeness (QED) is 0.855. The minimum atomic E-state index is -0.648. The Hall–Kier alpha value is -2.90. The van der Waals surface area contributed by atoms with Crippen LogP contribution in [0, 0.1) is 5.82 Å². The molecule has 28 heavy (non-hydrogen) atoms. The van der Waals surface area contributed by atoms with Crippen LogP contribution in [0.1, 0.15) is 31.4 Å². The average molecular weight is 386 g/mol. The van der Waals surface area contributed by atoms with E-state index >= 15 is 0 Å². The summed E-state index contributed by atoms with van der Waals surface area (Å²) in [7, 11) is 0. The Labute approximate surface area is 162 Å². The fourth-order valence-corrected chi connectivity index (χ4v) is 4.15. The fourth-order valence-electron chi connectivity index (χ4n) is 4.15. The number of rotatable bonds is 4. The molecule has 0 radical (unpaired) electrons. The number of benzene rings is 1. The number of hydrogen-bond donors (Lipinski definition) is 1. The number of likely N-dealkylation sites (tertiary alicyclic amines) is 1. The number of halogens is 1. The Morgan fingerprint density at radius 1 is 1.18 bits per heavy atom. The Bertz CT molecular complexity index is 846. The molecular weight excluding hydrogens is 363 g/mol. The maximum atomic E-state index is 13.3. The molecule has 3 aliphatic rings. The lowest BCUT2D eigenvalue weighted by molar-refractivity contribution is -0.137. The predicted octanol–water partition coefficient (Wildman–Crippen LogP) is 1.63. The molecule has 1 aromatic rings. The molecule has 1 atom stereocenters. The highest BCUT2D eigenvalue weighted by atomic mass is 19.1. The monoisotopic (exact) mass is 386 g/mol. The predicted molar refractivity (Wildman–Crippen MR) is 99.5 cm³/mol. The van der Waals surface area contributed by atoms with Crippen molar-refractivity contribution in [2.45, 2.75) is 25.8 Å². The number of likely N-dealkylation sites (N-methyl/N-ethyl adjacent to an activating group) is 1. The third kappa shape index (κ3) is 3.12. The van der Waals surface area contributed by atoms with E-state index in [1.54, 1.807) is 17.0 Å². The first kappa shape index (κ1) is 18.5. The third-order valence-corrected chi connectivity index (χ3v) is 5.60. The van der Waals surface area contributed by atoms with Gasteiger partial charge in [0.05, 0.1) is 23.9 Å². The average Bonchev–Trinajstić information content (AvgIpc) is 3.31. The summed E-state index contributed by atoms with van der Waals surface area (Å²) in [5.41, 5.74) is 1.72. The lowest BCUT2D eigenvalue weighted by Crippen LogP contribution is -2.47. The molecule has 4 amide bonds. The van der Waals surface area contributed by atoms with Gasteiger partial charge in [-0.15, -0.1) is 0 Å². The van der Waals surface area contributed by atoms with Gasteiger partial charge in [-0.3, -0.25) is 14.5 Å². The summed E-state index contributed by atoms with van der Waals surface area (Å²) in [6.07, 6.45) is 1.98. The van der Waals surface area contributed by atoms with Gasteiger partial charge in [-0.1, -0.05) is 12.1 Å². The molecule has 7 nitrogen and oxygen atoms in total. The molecule has 0 aromatic heterocycles. The molecule has 0 unspecified atom stereocenters. The molecule has 4 rings (SSSR count). The Kier molecular flexibility index (Phi) is 4.78. The van der Waals surface area contributed by atoms with Crippen LogP contribution in [0.5, 0.6) is 0 Å². The van der Waals surface area contributed by atoms with Crippen molar-refractivity contribution in [3.8, 4) is 0 Å². The van der Waals surface area contributed by atoms with Crippen LogP contribution in [0.2, 0.25) is 0 Å². The first-order valence-electron chi connectivity index (χ1n) is 9.63. The van der Waals surface area contributed by atoms with E-state index in [-0.39, 0.29) is 36.8 Å². The zero-order valence-electron chi connectivity index (χ0n) is 15.8. The largest absolute Gasteiger partial charge is 0.341 e. The number of amides is 4. The van der Waals surface area contributed by atoms with Gasteiger partial charge in [-0.05, 0) is 37.5 Å². The zero-order valence-corrected chi connectivity index (χ0v) is 15.8. The van der Waals surface area contributed by atoms with Gasteiger partial charge in [0.15, 0.2) is 0 Å². The SMILES string of the molecule is CCN1C(=O)N[C@@H](c2ccc(F)cc2)C2=C1CN(CC(=O)N1CCCC1)C2=O. The first-order chi connectivity index (χ1) is 13.5. The molecule has 0 aliphatic carbocycles. The van der Waals surface area contributed by atoms with Gasteiger partial charge < -0.3 is 15.1 Å². The maximum Gasteiger partial charge on any atom is 0.322 e. The van der Waals surface area contributed by atoms with Gasteiger partial charge >= 0.3 is 6.03 Å². The maximum absolute atomic E-state index is 13.3. The van der Waals surface area contributed by atoms with Crippen molar-refractivity contribution in [1.82, 2.24) is 20.0 Å². The van der Waals surface area contributed by atoms with E-state index in [1.807, 2.05) is 6.92 Å². The van der Waals surface area contributed by atoms with Crippen molar-refractivity contribution in [2.75, 3.05) is 32.7 Å². The van der Waals surface area contributed by atoms with E-state index in [1.165, 1.54) is 21.9 Å². The molecule has 0 bridgehead atoms. The normalized spacial score (nSPS) is 22.1. The summed E-state index contributed by atoms with van der Waals surface area (Å²) in [5.74, 6) is -0.701. The number of carbonyl (C=O) groups is 3. The molecule has 1 saturated heterocycles. The van der Waals surface area contributed by atoms with Gasteiger partial charge in [-0.2, -0.15) is 0 Å². The van der Waals surface area contributed by atoms with E-state index in [9.17, 15) is 18.8 Å². The second-order valence-corrected chi connectivity index (χ2v) is 7.29. The molecule has 148 valence electrons. The smallest absolute Gasteiger partial charge is 0.322 e. The molecule has 1 fully saturated rings. The summed E-state index contributed by atoms with van der Waals surface area (Å²) < 4.78 is 13.3. The molecule has 1 aromatic carbocycles. The van der Waals surface area contributed by atoms with Crippen molar-refractivity contribution in [3.63, 3.8) is 0 Å². The van der Waals surface area contributed by atoms with E-state index in [2.05, 4.69) is 5.32 Å². The van der Waals surface area contributed by atoms with Crippen LogP contribution in [0.4, 0.5) is 9.18 Å².